The van der Waals surface area contributed by atoms with Gasteiger partial charge in [-0.2, -0.15) is 0 Å². The highest BCUT2D eigenvalue weighted by Gasteiger charge is 2.51. The molecule has 0 spiro atoms. The minimum Gasteiger partial charge on any atom is -0.394 e. The Hall–Kier alpha value is -0.200. The first-order valence-electron chi connectivity index (χ1n) is 3.92. The van der Waals surface area contributed by atoms with E-state index in [-0.39, 0.29) is 6.42 Å². The van der Waals surface area contributed by atoms with Crippen LogP contribution in [-0.2, 0) is 4.74 Å². The molecule has 0 radical (unpaired) electrons. The van der Waals surface area contributed by atoms with Gasteiger partial charge in [0.25, 0.3) is 0 Å². The van der Waals surface area contributed by atoms with E-state index < -0.39 is 30.7 Å². The number of ether oxygens (including phenoxy) is 1. The Kier molecular flexibility index (Phi) is 2.70. The van der Waals surface area contributed by atoms with Crippen molar-refractivity contribution in [2.24, 2.45) is 0 Å². The van der Waals surface area contributed by atoms with E-state index in [2.05, 4.69) is 0 Å². The lowest BCUT2D eigenvalue weighted by atomic mass is 10.0. The molecule has 1 aliphatic heterocycles. The van der Waals surface area contributed by atoms with Crippen molar-refractivity contribution in [2.45, 2.75) is 37.4 Å². The molecule has 72 valence electrons. The van der Waals surface area contributed by atoms with Crippen molar-refractivity contribution >= 4 is 0 Å². The topological polar surface area (TPSA) is 90.2 Å². The number of hydrogen-bond donors (Lipinski definition) is 4. The van der Waals surface area contributed by atoms with E-state index in [1.807, 2.05) is 0 Å². The monoisotopic (exact) mass is 178 g/mol. The lowest BCUT2D eigenvalue weighted by Crippen LogP contribution is -2.42. The smallest absolute Gasteiger partial charge is 0.194 e. The Morgan fingerprint density at radius 2 is 2.00 bits per heavy atom. The van der Waals surface area contributed by atoms with Crippen LogP contribution in [0, 0.1) is 0 Å². The molecule has 0 unspecified atom stereocenters. The molecule has 1 fully saturated rings. The summed E-state index contributed by atoms with van der Waals surface area (Å²) in [6.45, 7) is 1.20. The molecule has 0 aromatic rings. The van der Waals surface area contributed by atoms with Gasteiger partial charge in [0.05, 0.1) is 6.61 Å². The third kappa shape index (κ3) is 1.34. The SMILES string of the molecule is CC[C@]1(O)O[C@H](CO)[C@@H](O)[C@@H]1O. The van der Waals surface area contributed by atoms with Crippen molar-refractivity contribution in [3.05, 3.63) is 0 Å². The van der Waals surface area contributed by atoms with Gasteiger partial charge in [-0.05, 0) is 0 Å². The molecule has 4 atom stereocenters. The maximum absolute atomic E-state index is 9.50. The van der Waals surface area contributed by atoms with Gasteiger partial charge in [-0.15, -0.1) is 0 Å². The summed E-state index contributed by atoms with van der Waals surface area (Å²) in [7, 11) is 0. The molecule has 1 heterocycles. The summed E-state index contributed by atoms with van der Waals surface area (Å²) in [4.78, 5) is 0. The Labute approximate surface area is 70.2 Å². The van der Waals surface area contributed by atoms with E-state index >= 15 is 0 Å². The standard InChI is InChI=1S/C7H14O5/c1-2-7(11)6(10)5(9)4(3-8)12-7/h4-6,8-11H,2-3H2,1H3/t4-,5-,6+,7+/m1/s1. The predicted molar refractivity (Wildman–Crippen MR) is 39.2 cm³/mol. The van der Waals surface area contributed by atoms with Crippen LogP contribution in [0.4, 0.5) is 0 Å². The Balaban J connectivity index is 2.72. The molecule has 4 N–H and O–H groups in total. The Morgan fingerprint density at radius 3 is 2.25 bits per heavy atom. The Bertz CT molecular complexity index is 162. The van der Waals surface area contributed by atoms with Gasteiger partial charge in [-0.1, -0.05) is 6.92 Å². The summed E-state index contributed by atoms with van der Waals surface area (Å²) in [6.07, 6.45) is -3.30. The quantitative estimate of drug-likeness (QED) is 0.400. The van der Waals surface area contributed by atoms with Crippen LogP contribution in [0.25, 0.3) is 0 Å². The first-order chi connectivity index (χ1) is 5.55. The molecule has 0 aromatic heterocycles. The fourth-order valence-corrected chi connectivity index (χ4v) is 1.31. The average molecular weight is 178 g/mol. The van der Waals surface area contributed by atoms with Gasteiger partial charge in [0, 0.05) is 6.42 Å². The second kappa shape index (κ2) is 3.27. The van der Waals surface area contributed by atoms with E-state index in [0.717, 1.165) is 0 Å². The molecule has 1 saturated heterocycles. The van der Waals surface area contributed by atoms with Crippen LogP contribution in [0.3, 0.4) is 0 Å². The number of aliphatic hydroxyl groups excluding tert-OH is 3. The molecule has 0 bridgehead atoms. The van der Waals surface area contributed by atoms with Gasteiger partial charge in [0.15, 0.2) is 5.79 Å². The van der Waals surface area contributed by atoms with Crippen LogP contribution in [0.2, 0.25) is 0 Å². The van der Waals surface area contributed by atoms with Gasteiger partial charge in [-0.3, -0.25) is 0 Å². The molecule has 1 rings (SSSR count). The zero-order valence-electron chi connectivity index (χ0n) is 6.84. The zero-order valence-corrected chi connectivity index (χ0v) is 6.84. The first-order valence-corrected chi connectivity index (χ1v) is 3.92. The van der Waals surface area contributed by atoms with Gasteiger partial charge < -0.3 is 25.2 Å². The summed E-state index contributed by atoms with van der Waals surface area (Å²) >= 11 is 0. The molecule has 0 aliphatic carbocycles. The van der Waals surface area contributed by atoms with Crippen molar-refractivity contribution in [3.8, 4) is 0 Å². The maximum atomic E-state index is 9.50. The predicted octanol–water partition coefficient (Wildman–Crippen LogP) is -1.80. The largest absolute Gasteiger partial charge is 0.394 e. The van der Waals surface area contributed by atoms with Crippen LogP contribution in [0.1, 0.15) is 13.3 Å². The molecule has 1 aliphatic rings. The average Bonchev–Trinajstić information content (AvgIpc) is 2.31. The first kappa shape index (κ1) is 9.88. The second-order valence-electron chi connectivity index (χ2n) is 2.97. The van der Waals surface area contributed by atoms with Crippen LogP contribution >= 0.6 is 0 Å². The van der Waals surface area contributed by atoms with Crippen molar-refractivity contribution in [1.29, 1.82) is 0 Å². The summed E-state index contributed by atoms with van der Waals surface area (Å²) in [5.74, 6) is -1.72. The highest BCUT2D eigenvalue weighted by Crippen LogP contribution is 2.31. The molecule has 0 aromatic carbocycles. The van der Waals surface area contributed by atoms with Crippen molar-refractivity contribution in [1.82, 2.24) is 0 Å². The van der Waals surface area contributed by atoms with Crippen molar-refractivity contribution in [2.75, 3.05) is 6.61 Å². The van der Waals surface area contributed by atoms with E-state index in [0.29, 0.717) is 0 Å². The second-order valence-corrected chi connectivity index (χ2v) is 2.97. The lowest BCUT2D eigenvalue weighted by molar-refractivity contribution is -0.231. The third-order valence-electron chi connectivity index (χ3n) is 2.21. The van der Waals surface area contributed by atoms with Gasteiger partial charge in [0.2, 0.25) is 0 Å². The molecule has 0 amide bonds. The van der Waals surface area contributed by atoms with E-state index in [4.69, 9.17) is 9.84 Å². The van der Waals surface area contributed by atoms with Crippen LogP contribution in [-0.4, -0.2) is 51.1 Å². The normalized spacial score (nSPS) is 48.2. The molecule has 12 heavy (non-hydrogen) atoms. The fraction of sp³-hybridized carbons (Fsp3) is 1.00. The minimum atomic E-state index is -1.72. The molecule has 0 saturated carbocycles. The molecule has 5 nitrogen and oxygen atoms in total. The number of aliphatic hydroxyl groups is 4. The van der Waals surface area contributed by atoms with E-state index in [9.17, 15) is 15.3 Å². The maximum Gasteiger partial charge on any atom is 0.194 e. The van der Waals surface area contributed by atoms with Crippen molar-refractivity contribution < 1.29 is 25.2 Å². The van der Waals surface area contributed by atoms with Crippen LogP contribution < -0.4 is 0 Å². The van der Waals surface area contributed by atoms with E-state index in [1.54, 1.807) is 6.92 Å². The number of hydrogen-bond acceptors (Lipinski definition) is 5. The Morgan fingerprint density at radius 1 is 1.42 bits per heavy atom. The molecular weight excluding hydrogens is 164 g/mol. The molecule has 5 heteroatoms. The van der Waals surface area contributed by atoms with E-state index in [1.165, 1.54) is 0 Å². The van der Waals surface area contributed by atoms with Gasteiger partial charge >= 0.3 is 0 Å². The van der Waals surface area contributed by atoms with Gasteiger partial charge in [-0.25, -0.2) is 0 Å². The molecular formula is C7H14O5. The number of rotatable bonds is 2. The zero-order chi connectivity index (χ0) is 9.35. The fourth-order valence-electron chi connectivity index (χ4n) is 1.31. The van der Waals surface area contributed by atoms with Crippen molar-refractivity contribution in [3.63, 3.8) is 0 Å². The summed E-state index contributed by atoms with van der Waals surface area (Å²) in [5.41, 5.74) is 0. The van der Waals surface area contributed by atoms with Crippen LogP contribution in [0.5, 0.6) is 0 Å². The lowest BCUT2D eigenvalue weighted by Gasteiger charge is -2.23. The summed E-state index contributed by atoms with van der Waals surface area (Å²) < 4.78 is 4.88. The highest BCUT2D eigenvalue weighted by atomic mass is 16.7. The van der Waals surface area contributed by atoms with Gasteiger partial charge in [0.1, 0.15) is 18.3 Å². The van der Waals surface area contributed by atoms with Crippen LogP contribution in [0.15, 0.2) is 0 Å². The third-order valence-corrected chi connectivity index (χ3v) is 2.21. The summed E-state index contributed by atoms with van der Waals surface area (Å²) in [5, 5.41) is 36.7. The highest BCUT2D eigenvalue weighted by molar-refractivity contribution is 4.94. The summed E-state index contributed by atoms with van der Waals surface area (Å²) in [6, 6.07) is 0. The minimum absolute atomic E-state index is 0.168.